The smallest absolute Gasteiger partial charge is 0.248 e. The van der Waals surface area contributed by atoms with Crippen LogP contribution in [0.2, 0.25) is 0 Å². The molecule has 5 amide bonds. The van der Waals surface area contributed by atoms with Gasteiger partial charge in [0.25, 0.3) is 0 Å². The van der Waals surface area contributed by atoms with E-state index in [1.807, 2.05) is 83.2 Å². The average Bonchev–Trinajstić information content (AvgIpc) is 0.849. The third-order valence-corrected chi connectivity index (χ3v) is 24.8. The van der Waals surface area contributed by atoms with Crippen molar-refractivity contribution in [3.63, 3.8) is 0 Å². The molecule has 16 heteroatoms. The quantitative estimate of drug-likeness (QED) is 0.238. The van der Waals surface area contributed by atoms with E-state index < -0.39 is 0 Å². The number of likely N-dealkylation sites (tertiary alicyclic amines) is 4. The second kappa shape index (κ2) is 46.4. The first-order valence-electron chi connectivity index (χ1n) is 46.8. The maximum Gasteiger partial charge on any atom is 0.248 e. The first kappa shape index (κ1) is 112. The highest BCUT2D eigenvalue weighted by Crippen LogP contribution is 2.40. The Morgan fingerprint density at radius 3 is 0.873 bits per heavy atom. The van der Waals surface area contributed by atoms with Gasteiger partial charge in [-0.3, -0.25) is 33.8 Å². The van der Waals surface area contributed by atoms with Crippen LogP contribution in [0, 0.1) is 72.9 Å². The predicted molar refractivity (Wildman–Crippen MR) is 506 cm³/mol. The standard InChI is InChI=1S/C18H30N2.C16H31NO.C15H30N2O.2C15H29NO2.C13H27N.C10H21NO/c1-17(2,3)14-8-11-20(12-9-14)16-13-15(7-10-19-16)18(4,5)6;1-15(2,3)10-7-14(18)17-11-8-13(9-12-17)16(4,5)6;1-14(2,3)8-7-13(18)16-9-11-17(12-10-16)15(4,5)6;2*1-14(2,3)12-7-9-16(10-8-12)13(17)11-18-15(4,5)6;1-12(2,3)11-7-9-14(10-8-11)13(4,5)6;1-9(2,3)7-8(12)11-10(4,5)6/h7,10,13-14H,8-9,11-12H2,1-6H3;13H,7-12H2,1-6H3;7-12H2,1-6H3;2*12H,7-11H2,1-6H3;11H,7-10H2,1-6H3;7H2,1-6H3,(H,11,12). The van der Waals surface area contributed by atoms with Gasteiger partial charge in [0, 0.05) is 121 Å². The molecular formula is C102H197N9O7. The number of ether oxygens (including phenoxy) is 2. The Labute approximate surface area is 731 Å². The summed E-state index contributed by atoms with van der Waals surface area (Å²) in [4.78, 5) is 79.7. The van der Waals surface area contributed by atoms with Crippen LogP contribution in [0.1, 0.15) is 393 Å². The lowest BCUT2D eigenvalue weighted by atomic mass is 9.75. The summed E-state index contributed by atoms with van der Waals surface area (Å²) in [6.07, 6.45) is 18.0. The lowest BCUT2D eigenvalue weighted by Crippen LogP contribution is -2.54. The summed E-state index contributed by atoms with van der Waals surface area (Å²) in [5.74, 6) is 6.23. The molecule has 0 bridgehead atoms. The number of rotatable bonds is 10. The summed E-state index contributed by atoms with van der Waals surface area (Å²) in [5, 5.41) is 2.94. The number of nitrogens with one attached hydrogen (secondary N) is 1. The first-order valence-corrected chi connectivity index (χ1v) is 46.8. The Balaban J connectivity index is 0.000000692. The molecule has 0 aliphatic carbocycles. The van der Waals surface area contributed by atoms with E-state index in [0.29, 0.717) is 63.7 Å². The molecule has 16 nitrogen and oxygen atoms in total. The third-order valence-electron chi connectivity index (χ3n) is 24.8. The fourth-order valence-electron chi connectivity index (χ4n) is 16.0. The van der Waals surface area contributed by atoms with Gasteiger partial charge in [-0.05, 0) is 290 Å². The van der Waals surface area contributed by atoms with E-state index in [0.717, 1.165) is 152 Å². The summed E-state index contributed by atoms with van der Waals surface area (Å²) in [5.41, 5.74) is 4.22. The van der Waals surface area contributed by atoms with Gasteiger partial charge in [0.1, 0.15) is 19.0 Å². The zero-order valence-electron chi connectivity index (χ0n) is 86.0. The van der Waals surface area contributed by atoms with Crippen molar-refractivity contribution < 1.29 is 33.4 Å². The number of aromatic nitrogens is 1. The molecular weight excluding hydrogens is 1460 g/mol. The van der Waals surface area contributed by atoms with E-state index in [4.69, 9.17) is 9.47 Å². The topological polar surface area (TPSA) is 151 Å². The van der Waals surface area contributed by atoms with Gasteiger partial charge in [-0.1, -0.05) is 187 Å². The molecule has 0 spiro atoms. The van der Waals surface area contributed by atoms with Crippen molar-refractivity contribution in [2.45, 2.75) is 420 Å². The molecule has 692 valence electrons. The van der Waals surface area contributed by atoms with Gasteiger partial charge in [0.15, 0.2) is 0 Å². The van der Waals surface area contributed by atoms with Gasteiger partial charge in [0.2, 0.25) is 29.5 Å². The molecule has 0 unspecified atom stereocenters. The van der Waals surface area contributed by atoms with E-state index >= 15 is 0 Å². The van der Waals surface area contributed by atoms with E-state index in [1.165, 1.54) is 57.2 Å². The minimum atomic E-state index is -0.237. The third kappa shape index (κ3) is 49.0. The highest BCUT2D eigenvalue weighted by Gasteiger charge is 2.37. The summed E-state index contributed by atoms with van der Waals surface area (Å²) < 4.78 is 11.1. The van der Waals surface area contributed by atoms with Crippen LogP contribution in [-0.4, -0.2) is 197 Å². The Bertz CT molecular complexity index is 2750. The number of carbonyl (C=O) groups excluding carboxylic acids is 5. The largest absolute Gasteiger partial charge is 0.366 e. The lowest BCUT2D eigenvalue weighted by Gasteiger charge is -2.44. The summed E-state index contributed by atoms with van der Waals surface area (Å²) in [6, 6.07) is 4.42. The average molecular weight is 1660 g/mol. The van der Waals surface area contributed by atoms with Crippen molar-refractivity contribution in [3.8, 4) is 0 Å². The summed E-state index contributed by atoms with van der Waals surface area (Å²) in [7, 11) is 0. The molecule has 0 saturated carbocycles. The van der Waals surface area contributed by atoms with Crippen LogP contribution in [0.25, 0.3) is 0 Å². The minimum Gasteiger partial charge on any atom is -0.366 e. The highest BCUT2D eigenvalue weighted by atomic mass is 16.5. The predicted octanol–water partition coefficient (Wildman–Crippen LogP) is 23.5. The van der Waals surface area contributed by atoms with Crippen molar-refractivity contribution >= 4 is 35.4 Å². The van der Waals surface area contributed by atoms with E-state index in [1.54, 1.807) is 0 Å². The molecule has 6 fully saturated rings. The van der Waals surface area contributed by atoms with Crippen molar-refractivity contribution in [2.75, 3.05) is 110 Å². The number of piperidine rings is 5. The molecule has 7 rings (SSSR count). The summed E-state index contributed by atoms with van der Waals surface area (Å²) in [6.45, 7) is 107. The van der Waals surface area contributed by atoms with Gasteiger partial charge >= 0.3 is 0 Å². The molecule has 0 atom stereocenters. The van der Waals surface area contributed by atoms with Gasteiger partial charge in [-0.15, -0.1) is 0 Å². The molecule has 0 radical (unpaired) electrons. The second-order valence-electron chi connectivity index (χ2n) is 51.1. The molecule has 0 aromatic carbocycles. The molecule has 6 saturated heterocycles. The first-order chi connectivity index (χ1) is 52.9. The second-order valence-corrected chi connectivity index (χ2v) is 51.1. The molecule has 6 aliphatic heterocycles. The number of carbonyl (C=O) groups is 5. The zero-order valence-corrected chi connectivity index (χ0v) is 86.0. The molecule has 6 aliphatic rings. The van der Waals surface area contributed by atoms with Crippen LogP contribution < -0.4 is 10.2 Å². The SMILES string of the molecule is CC(C)(C)C1CCN(C(C)(C)C)CC1.CC(C)(C)CC(=O)NC(C)(C)C.CC(C)(C)CCC(=O)N1CCC(C(C)(C)C)CC1.CC(C)(C)CCC(=O)N1CCN(C(C)(C)C)CC1.CC(C)(C)OCC(=O)N1CCC(C(C)(C)C)CC1.CC(C)(C)OCC(=O)N1CCC(C(C)(C)C)CC1.CC(C)(C)c1ccnc(N2CCC(C(C)(C)C)CC2)c1. The Morgan fingerprint density at radius 2 is 0.619 bits per heavy atom. The van der Waals surface area contributed by atoms with Crippen molar-refractivity contribution in [2.24, 2.45) is 72.9 Å². The number of nitrogens with zero attached hydrogens (tertiary/aromatic N) is 8. The van der Waals surface area contributed by atoms with Crippen molar-refractivity contribution in [3.05, 3.63) is 23.9 Å². The maximum atomic E-state index is 12.1. The van der Waals surface area contributed by atoms with Crippen LogP contribution in [0.3, 0.4) is 0 Å². The van der Waals surface area contributed by atoms with E-state index in [-0.39, 0.29) is 74.9 Å². The Hall–Kier alpha value is -3.86. The Kier molecular flexibility index (Phi) is 44.1. The number of pyridine rings is 1. The fraction of sp³-hybridized carbons (Fsp3) is 0.902. The molecule has 1 aromatic heterocycles. The van der Waals surface area contributed by atoms with Gasteiger partial charge in [-0.2, -0.15) is 0 Å². The van der Waals surface area contributed by atoms with Gasteiger partial charge < -0.3 is 39.3 Å². The number of amides is 5. The van der Waals surface area contributed by atoms with Crippen molar-refractivity contribution in [1.82, 2.24) is 39.7 Å². The van der Waals surface area contributed by atoms with E-state index in [2.05, 4.69) is 271 Å². The van der Waals surface area contributed by atoms with Crippen molar-refractivity contribution in [1.29, 1.82) is 0 Å². The number of anilines is 1. The number of hydrogen-bond donors (Lipinski definition) is 1. The van der Waals surface area contributed by atoms with Crippen LogP contribution in [0.5, 0.6) is 0 Å². The van der Waals surface area contributed by atoms with E-state index in [9.17, 15) is 24.0 Å². The monoisotopic (exact) mass is 1660 g/mol. The van der Waals surface area contributed by atoms with Crippen LogP contribution in [-0.2, 0) is 38.9 Å². The zero-order chi connectivity index (χ0) is 91.8. The highest BCUT2D eigenvalue weighted by molar-refractivity contribution is 5.79. The normalized spacial score (nSPS) is 18.8. The molecule has 118 heavy (non-hydrogen) atoms. The molecule has 1 N–H and O–H groups in total. The van der Waals surface area contributed by atoms with Crippen LogP contribution in [0.15, 0.2) is 18.3 Å². The summed E-state index contributed by atoms with van der Waals surface area (Å²) >= 11 is 0. The molecule has 7 heterocycles. The minimum absolute atomic E-state index is 0.0787. The maximum absolute atomic E-state index is 12.1. The van der Waals surface area contributed by atoms with Gasteiger partial charge in [-0.25, -0.2) is 4.98 Å². The Morgan fingerprint density at radius 1 is 0.347 bits per heavy atom. The fourth-order valence-corrected chi connectivity index (χ4v) is 16.0. The number of hydrogen-bond acceptors (Lipinski definition) is 11. The molecule has 1 aromatic rings. The van der Waals surface area contributed by atoms with Crippen LogP contribution in [0.4, 0.5) is 5.82 Å². The van der Waals surface area contributed by atoms with Gasteiger partial charge in [0.05, 0.1) is 11.2 Å². The van der Waals surface area contributed by atoms with Crippen LogP contribution >= 0.6 is 0 Å². The lowest BCUT2D eigenvalue weighted by molar-refractivity contribution is -0.143. The number of piperazine rings is 1.